The summed E-state index contributed by atoms with van der Waals surface area (Å²) in [6, 6.07) is 11.9. The predicted molar refractivity (Wildman–Crippen MR) is 117 cm³/mol. The highest BCUT2D eigenvalue weighted by Gasteiger charge is 2.72. The number of carbonyl (C=O) groups excluding carboxylic acids is 1. The predicted octanol–water partition coefficient (Wildman–Crippen LogP) is 5.35. The molecule has 2 heterocycles. The molecule has 0 N–H and O–H groups in total. The Bertz CT molecular complexity index is 1060. The summed E-state index contributed by atoms with van der Waals surface area (Å²) in [5.41, 5.74) is 1.55. The molecule has 3 aliphatic carbocycles. The molecular formula is C23H21NO3S2. The number of hydrogen-bond donors (Lipinski definition) is 0. The van der Waals surface area contributed by atoms with Crippen molar-refractivity contribution in [2.75, 3.05) is 7.11 Å². The fourth-order valence-electron chi connectivity index (χ4n) is 5.68. The van der Waals surface area contributed by atoms with E-state index < -0.39 is 0 Å². The zero-order valence-electron chi connectivity index (χ0n) is 16.1. The minimum Gasteiger partial charge on any atom is -0.497 e. The summed E-state index contributed by atoms with van der Waals surface area (Å²) in [6.45, 7) is 0. The molecule has 1 aromatic carbocycles. The lowest BCUT2D eigenvalue weighted by Crippen LogP contribution is -2.39. The molecule has 4 fully saturated rings. The first-order valence-corrected chi connectivity index (χ1v) is 11.3. The number of methoxy groups -OCH3 is 1. The Labute approximate surface area is 179 Å². The van der Waals surface area contributed by atoms with Gasteiger partial charge in [-0.15, -0.1) is 0 Å². The molecular weight excluding hydrogens is 402 g/mol. The Morgan fingerprint density at radius 2 is 2.10 bits per heavy atom. The number of thiocarbonyl (C=S) groups is 1. The molecule has 1 spiro atoms. The SMILES string of the molecule is COc1ccc(-c2ccc(/C=C3\SC(=S)N(C4CC5CCC56CC46)C3=O)o2)cc1. The van der Waals surface area contributed by atoms with Crippen LogP contribution < -0.4 is 4.74 Å². The topological polar surface area (TPSA) is 42.7 Å². The summed E-state index contributed by atoms with van der Waals surface area (Å²) in [5, 5.41) is 0. The molecule has 4 nitrogen and oxygen atoms in total. The number of rotatable bonds is 4. The van der Waals surface area contributed by atoms with Crippen LogP contribution in [0.4, 0.5) is 0 Å². The number of nitrogens with zero attached hydrogens (tertiary/aromatic N) is 1. The lowest BCUT2D eigenvalue weighted by atomic mass is 9.71. The third-order valence-electron chi connectivity index (χ3n) is 7.37. The summed E-state index contributed by atoms with van der Waals surface area (Å²) in [7, 11) is 1.65. The van der Waals surface area contributed by atoms with Crippen LogP contribution in [0.1, 0.15) is 31.4 Å². The maximum absolute atomic E-state index is 13.1. The van der Waals surface area contributed by atoms with Gasteiger partial charge in [0.05, 0.1) is 12.0 Å². The zero-order valence-corrected chi connectivity index (χ0v) is 17.7. The first kappa shape index (κ1) is 17.8. The van der Waals surface area contributed by atoms with E-state index in [0.717, 1.165) is 29.4 Å². The fourth-order valence-corrected chi connectivity index (χ4v) is 7.03. The fraction of sp³-hybridized carbons (Fsp3) is 0.391. The van der Waals surface area contributed by atoms with Gasteiger partial charge in [0.1, 0.15) is 21.6 Å². The van der Waals surface area contributed by atoms with Gasteiger partial charge in [-0.1, -0.05) is 24.0 Å². The van der Waals surface area contributed by atoms with E-state index in [1.807, 2.05) is 47.4 Å². The Hall–Kier alpha value is -2.05. The number of benzene rings is 1. The lowest BCUT2D eigenvalue weighted by Gasteiger charge is -2.34. The molecule has 29 heavy (non-hydrogen) atoms. The van der Waals surface area contributed by atoms with Crippen molar-refractivity contribution in [2.24, 2.45) is 17.3 Å². The van der Waals surface area contributed by atoms with Gasteiger partial charge < -0.3 is 9.15 Å². The molecule has 1 aliphatic heterocycles. The number of furan rings is 1. The normalized spacial score (nSPS) is 33.6. The Morgan fingerprint density at radius 3 is 2.72 bits per heavy atom. The summed E-state index contributed by atoms with van der Waals surface area (Å²) in [4.78, 5) is 15.7. The van der Waals surface area contributed by atoms with E-state index in [0.29, 0.717) is 32.4 Å². The monoisotopic (exact) mass is 423 g/mol. The first-order valence-electron chi connectivity index (χ1n) is 10.1. The van der Waals surface area contributed by atoms with Gasteiger partial charge in [-0.3, -0.25) is 9.69 Å². The van der Waals surface area contributed by atoms with Gasteiger partial charge in [0.25, 0.3) is 5.91 Å². The van der Waals surface area contributed by atoms with Crippen molar-refractivity contribution < 1.29 is 13.9 Å². The van der Waals surface area contributed by atoms with Crippen molar-refractivity contribution in [1.82, 2.24) is 4.90 Å². The highest BCUT2D eigenvalue weighted by atomic mass is 32.2. The molecule has 4 unspecified atom stereocenters. The van der Waals surface area contributed by atoms with Gasteiger partial charge >= 0.3 is 0 Å². The van der Waals surface area contributed by atoms with Gasteiger partial charge in [-0.2, -0.15) is 0 Å². The van der Waals surface area contributed by atoms with Crippen LogP contribution in [0.2, 0.25) is 0 Å². The van der Waals surface area contributed by atoms with E-state index >= 15 is 0 Å². The highest BCUT2D eigenvalue weighted by Crippen LogP contribution is 2.77. The first-order chi connectivity index (χ1) is 14.1. The number of carbonyl (C=O) groups is 1. The summed E-state index contributed by atoms with van der Waals surface area (Å²) in [6.07, 6.45) is 6.94. The largest absolute Gasteiger partial charge is 0.497 e. The molecule has 3 saturated carbocycles. The average molecular weight is 424 g/mol. The van der Waals surface area contributed by atoms with E-state index in [1.165, 1.54) is 31.0 Å². The molecule has 4 atom stereocenters. The van der Waals surface area contributed by atoms with E-state index in [9.17, 15) is 4.79 Å². The van der Waals surface area contributed by atoms with E-state index in [4.69, 9.17) is 21.4 Å². The number of hydrogen-bond acceptors (Lipinski definition) is 5. The number of thioether (sulfide) groups is 1. The second-order valence-electron chi connectivity index (χ2n) is 8.56. The summed E-state index contributed by atoms with van der Waals surface area (Å²) in [5.74, 6) is 3.79. The van der Waals surface area contributed by atoms with Crippen molar-refractivity contribution >= 4 is 40.3 Å². The van der Waals surface area contributed by atoms with Crippen LogP contribution >= 0.6 is 24.0 Å². The maximum atomic E-state index is 13.1. The third-order valence-corrected chi connectivity index (χ3v) is 8.70. The van der Waals surface area contributed by atoms with E-state index in [1.54, 1.807) is 7.11 Å². The Morgan fingerprint density at radius 1 is 1.28 bits per heavy atom. The molecule has 148 valence electrons. The van der Waals surface area contributed by atoms with Crippen LogP contribution in [-0.2, 0) is 4.79 Å². The molecule has 1 saturated heterocycles. The van der Waals surface area contributed by atoms with Gasteiger partial charge in [-0.05, 0) is 79.3 Å². The van der Waals surface area contributed by atoms with Crippen molar-refractivity contribution in [3.8, 4) is 17.1 Å². The van der Waals surface area contributed by atoms with Crippen molar-refractivity contribution in [3.63, 3.8) is 0 Å². The quantitative estimate of drug-likeness (QED) is 0.490. The molecule has 1 aromatic heterocycles. The van der Waals surface area contributed by atoms with Gasteiger partial charge in [0, 0.05) is 17.7 Å². The van der Waals surface area contributed by atoms with Crippen molar-refractivity contribution in [3.05, 3.63) is 47.1 Å². The van der Waals surface area contributed by atoms with Gasteiger partial charge in [0.2, 0.25) is 0 Å². The molecule has 6 heteroatoms. The van der Waals surface area contributed by atoms with Crippen LogP contribution in [0, 0.1) is 17.3 Å². The number of ether oxygens (including phenoxy) is 1. The lowest BCUT2D eigenvalue weighted by molar-refractivity contribution is -0.123. The van der Waals surface area contributed by atoms with Crippen LogP contribution in [0.25, 0.3) is 17.4 Å². The molecule has 0 bridgehead atoms. The average Bonchev–Trinajstić information content (AvgIpc) is 3.16. The van der Waals surface area contributed by atoms with Crippen LogP contribution in [0.3, 0.4) is 0 Å². The molecule has 0 radical (unpaired) electrons. The van der Waals surface area contributed by atoms with Crippen LogP contribution in [0.5, 0.6) is 5.75 Å². The smallest absolute Gasteiger partial charge is 0.266 e. The number of amides is 1. The van der Waals surface area contributed by atoms with Crippen molar-refractivity contribution in [1.29, 1.82) is 0 Å². The molecule has 4 aliphatic rings. The maximum Gasteiger partial charge on any atom is 0.266 e. The standard InChI is InChI=1S/C23H21NO3S2/c1-26-15-4-2-13(3-5-15)19-7-6-16(27-19)11-20-21(25)24(22(28)29-20)18-10-14-8-9-23(14)12-17(18)23/h2-7,11,14,17-18H,8-10,12H2,1H3/b20-11-. The van der Waals surface area contributed by atoms with Crippen LogP contribution in [-0.4, -0.2) is 28.3 Å². The molecule has 1 amide bonds. The highest BCUT2D eigenvalue weighted by molar-refractivity contribution is 8.26. The zero-order chi connectivity index (χ0) is 19.8. The molecule has 6 rings (SSSR count). The van der Waals surface area contributed by atoms with Crippen LogP contribution in [0.15, 0.2) is 45.7 Å². The van der Waals surface area contributed by atoms with Gasteiger partial charge in [-0.25, -0.2) is 0 Å². The third kappa shape index (κ3) is 2.58. The summed E-state index contributed by atoms with van der Waals surface area (Å²) < 4.78 is 11.9. The Balaban J connectivity index is 1.22. The summed E-state index contributed by atoms with van der Waals surface area (Å²) >= 11 is 7.01. The Kier molecular flexibility index (Phi) is 3.81. The van der Waals surface area contributed by atoms with E-state index in [2.05, 4.69) is 0 Å². The minimum atomic E-state index is 0.0516. The second-order valence-corrected chi connectivity index (χ2v) is 10.2. The van der Waals surface area contributed by atoms with Crippen molar-refractivity contribution in [2.45, 2.75) is 31.7 Å². The minimum absolute atomic E-state index is 0.0516. The van der Waals surface area contributed by atoms with Gasteiger partial charge in [0.15, 0.2) is 0 Å². The second kappa shape index (κ2) is 6.22. The van der Waals surface area contributed by atoms with E-state index in [-0.39, 0.29) is 5.91 Å². The molecule has 2 aromatic rings.